The third kappa shape index (κ3) is 3.67. The molecule has 0 radical (unpaired) electrons. The summed E-state index contributed by atoms with van der Waals surface area (Å²) in [5.74, 6) is -0.310. The van der Waals surface area contributed by atoms with Crippen molar-refractivity contribution in [2.75, 3.05) is 0 Å². The molecule has 1 saturated carbocycles. The zero-order chi connectivity index (χ0) is 13.8. The first kappa shape index (κ1) is 13.3. The molecule has 19 heavy (non-hydrogen) atoms. The summed E-state index contributed by atoms with van der Waals surface area (Å²) < 4.78 is 4.85. The highest BCUT2D eigenvalue weighted by atomic mass is 16.5. The van der Waals surface area contributed by atoms with Crippen LogP contribution in [0.4, 0.5) is 4.79 Å². The number of hydrogen-bond donors (Lipinski definition) is 3. The summed E-state index contributed by atoms with van der Waals surface area (Å²) >= 11 is 0. The second kappa shape index (κ2) is 5.68. The minimum atomic E-state index is -0.800. The predicted octanol–water partition coefficient (Wildman–Crippen LogP) is 0.431. The molecule has 0 unspecified atom stereocenters. The fourth-order valence-electron chi connectivity index (χ4n) is 2.14. The zero-order valence-electron chi connectivity index (χ0n) is 10.5. The lowest BCUT2D eigenvalue weighted by atomic mass is 10.1. The first-order valence-corrected chi connectivity index (χ1v) is 6.11. The third-order valence-electron chi connectivity index (χ3n) is 3.09. The molecule has 0 spiro atoms. The van der Waals surface area contributed by atoms with Crippen LogP contribution in [0.5, 0.6) is 0 Å². The van der Waals surface area contributed by atoms with Crippen LogP contribution in [0.15, 0.2) is 4.52 Å². The first-order chi connectivity index (χ1) is 9.04. The fourth-order valence-corrected chi connectivity index (χ4v) is 2.14. The molecule has 1 aliphatic carbocycles. The summed E-state index contributed by atoms with van der Waals surface area (Å²) in [6, 6.07) is -0.447. The minimum absolute atomic E-state index is 0.0921. The summed E-state index contributed by atoms with van der Waals surface area (Å²) in [7, 11) is 0. The van der Waals surface area contributed by atoms with Crippen molar-refractivity contribution in [2.45, 2.75) is 38.8 Å². The summed E-state index contributed by atoms with van der Waals surface area (Å²) in [4.78, 5) is 26.3. The molecule has 1 fully saturated rings. The van der Waals surface area contributed by atoms with Gasteiger partial charge in [-0.05, 0) is 26.2 Å². The molecule has 0 aliphatic heterocycles. The van der Waals surface area contributed by atoms with E-state index in [0.717, 1.165) is 0 Å². The Hall–Kier alpha value is -2.12. The normalized spacial score (nSPS) is 22.2. The molecule has 1 aliphatic rings. The van der Waals surface area contributed by atoms with E-state index in [1.54, 1.807) is 6.92 Å². The van der Waals surface area contributed by atoms with Gasteiger partial charge in [0.05, 0.1) is 12.5 Å². The number of carbonyl (C=O) groups excluding carboxylic acids is 1. The number of aryl methyl sites for hydroxylation is 1. The smallest absolute Gasteiger partial charge is 0.315 e. The molecular formula is C11H16N4O4. The van der Waals surface area contributed by atoms with Crippen LogP contribution in [-0.2, 0) is 11.3 Å². The van der Waals surface area contributed by atoms with Crippen LogP contribution in [0.25, 0.3) is 0 Å². The van der Waals surface area contributed by atoms with E-state index in [1.807, 2.05) is 0 Å². The Bertz CT molecular complexity index is 473. The highest BCUT2D eigenvalue weighted by Crippen LogP contribution is 2.25. The largest absolute Gasteiger partial charge is 0.481 e. The molecule has 2 rings (SSSR count). The average molecular weight is 268 g/mol. The van der Waals surface area contributed by atoms with Gasteiger partial charge in [0.2, 0.25) is 5.89 Å². The van der Waals surface area contributed by atoms with Crippen LogP contribution in [0.2, 0.25) is 0 Å². The highest BCUT2D eigenvalue weighted by molar-refractivity contribution is 5.75. The van der Waals surface area contributed by atoms with Crippen LogP contribution in [-0.4, -0.2) is 33.3 Å². The number of aliphatic carboxylic acids is 1. The molecule has 8 nitrogen and oxygen atoms in total. The average Bonchev–Trinajstić information content (AvgIpc) is 2.96. The van der Waals surface area contributed by atoms with Gasteiger partial charge in [0.25, 0.3) is 0 Å². The lowest BCUT2D eigenvalue weighted by Crippen LogP contribution is -2.40. The highest BCUT2D eigenvalue weighted by Gasteiger charge is 2.30. The Morgan fingerprint density at radius 1 is 1.47 bits per heavy atom. The first-order valence-electron chi connectivity index (χ1n) is 6.11. The number of aromatic nitrogens is 2. The maximum absolute atomic E-state index is 11.6. The Morgan fingerprint density at radius 3 is 2.84 bits per heavy atom. The van der Waals surface area contributed by atoms with Crippen LogP contribution < -0.4 is 10.6 Å². The topological polar surface area (TPSA) is 117 Å². The quantitative estimate of drug-likeness (QED) is 0.729. The van der Waals surface area contributed by atoms with Gasteiger partial charge >= 0.3 is 12.0 Å². The predicted molar refractivity (Wildman–Crippen MR) is 63.2 cm³/mol. The summed E-state index contributed by atoms with van der Waals surface area (Å²) in [6.07, 6.45) is 1.76. The van der Waals surface area contributed by atoms with Gasteiger partial charge in [-0.1, -0.05) is 5.16 Å². The monoisotopic (exact) mass is 268 g/mol. The van der Waals surface area contributed by atoms with Gasteiger partial charge in [-0.3, -0.25) is 4.79 Å². The Kier molecular flexibility index (Phi) is 3.98. The van der Waals surface area contributed by atoms with Gasteiger partial charge in [0.1, 0.15) is 0 Å². The van der Waals surface area contributed by atoms with Crippen molar-refractivity contribution in [3.8, 4) is 0 Å². The molecule has 8 heteroatoms. The van der Waals surface area contributed by atoms with Gasteiger partial charge in [-0.25, -0.2) is 4.79 Å². The molecule has 0 aromatic carbocycles. The molecule has 0 bridgehead atoms. The second-order valence-corrected chi connectivity index (χ2v) is 4.61. The molecule has 0 saturated heterocycles. The molecule has 2 amide bonds. The summed E-state index contributed by atoms with van der Waals surface area (Å²) in [5, 5.41) is 17.8. The number of nitrogens with one attached hydrogen (secondary N) is 2. The lowest BCUT2D eigenvalue weighted by molar-refractivity contribution is -0.141. The Morgan fingerprint density at radius 2 is 2.26 bits per heavy atom. The van der Waals surface area contributed by atoms with E-state index < -0.39 is 5.97 Å². The molecule has 1 aromatic rings. The number of hydrogen-bond acceptors (Lipinski definition) is 5. The maximum atomic E-state index is 11.6. The minimum Gasteiger partial charge on any atom is -0.481 e. The zero-order valence-corrected chi connectivity index (χ0v) is 10.5. The molecule has 1 heterocycles. The summed E-state index contributed by atoms with van der Waals surface area (Å²) in [6.45, 7) is 1.85. The van der Waals surface area contributed by atoms with Crippen molar-refractivity contribution >= 4 is 12.0 Å². The Labute approximate surface area is 109 Å². The van der Waals surface area contributed by atoms with E-state index in [1.165, 1.54) is 0 Å². The number of urea groups is 1. The van der Waals surface area contributed by atoms with Gasteiger partial charge in [0.15, 0.2) is 5.82 Å². The maximum Gasteiger partial charge on any atom is 0.315 e. The number of rotatable bonds is 4. The van der Waals surface area contributed by atoms with Gasteiger partial charge in [-0.15, -0.1) is 0 Å². The van der Waals surface area contributed by atoms with Crippen LogP contribution in [0, 0.1) is 12.8 Å². The number of carboxylic acid groups (broad SMARTS) is 1. The number of carboxylic acids is 1. The molecule has 104 valence electrons. The SMILES string of the molecule is Cc1noc(CNC(=O)N[C@H]2CC[C@@H](C(=O)O)C2)n1. The molecule has 2 atom stereocenters. The van der Waals surface area contributed by atoms with Crippen LogP contribution in [0.3, 0.4) is 0 Å². The van der Waals surface area contributed by atoms with E-state index >= 15 is 0 Å². The van der Waals surface area contributed by atoms with Crippen LogP contribution >= 0.6 is 0 Å². The van der Waals surface area contributed by atoms with Crippen molar-refractivity contribution in [2.24, 2.45) is 5.92 Å². The van der Waals surface area contributed by atoms with Gasteiger partial charge < -0.3 is 20.3 Å². The Balaban J connectivity index is 1.72. The van der Waals surface area contributed by atoms with Crippen LogP contribution in [0.1, 0.15) is 31.0 Å². The number of nitrogens with zero attached hydrogens (tertiary/aromatic N) is 2. The summed E-state index contributed by atoms with van der Waals surface area (Å²) in [5.41, 5.74) is 0. The van der Waals surface area contributed by atoms with E-state index in [9.17, 15) is 9.59 Å². The van der Waals surface area contributed by atoms with Crippen molar-refractivity contribution in [3.63, 3.8) is 0 Å². The van der Waals surface area contributed by atoms with E-state index in [4.69, 9.17) is 9.63 Å². The van der Waals surface area contributed by atoms with Crippen molar-refractivity contribution < 1.29 is 19.2 Å². The fraction of sp³-hybridized carbons (Fsp3) is 0.636. The number of carbonyl (C=O) groups is 2. The van der Waals surface area contributed by atoms with E-state index in [0.29, 0.717) is 31.0 Å². The lowest BCUT2D eigenvalue weighted by Gasteiger charge is -2.12. The van der Waals surface area contributed by atoms with E-state index in [-0.39, 0.29) is 24.5 Å². The molecule has 3 N–H and O–H groups in total. The van der Waals surface area contributed by atoms with Crippen molar-refractivity contribution in [3.05, 3.63) is 11.7 Å². The van der Waals surface area contributed by atoms with Gasteiger partial charge in [-0.2, -0.15) is 4.98 Å². The third-order valence-corrected chi connectivity index (χ3v) is 3.09. The van der Waals surface area contributed by atoms with Crippen molar-refractivity contribution in [1.29, 1.82) is 0 Å². The standard InChI is InChI=1S/C11H16N4O4/c1-6-13-9(19-15-6)5-12-11(18)14-8-3-2-7(4-8)10(16)17/h7-8H,2-5H2,1H3,(H,16,17)(H2,12,14,18)/t7-,8+/m1/s1. The van der Waals surface area contributed by atoms with E-state index in [2.05, 4.69) is 20.8 Å². The van der Waals surface area contributed by atoms with Gasteiger partial charge in [0, 0.05) is 6.04 Å². The molecule has 1 aromatic heterocycles. The number of amides is 2. The second-order valence-electron chi connectivity index (χ2n) is 4.61. The molecular weight excluding hydrogens is 252 g/mol. The van der Waals surface area contributed by atoms with Crippen molar-refractivity contribution in [1.82, 2.24) is 20.8 Å².